The molecule has 0 saturated carbocycles. The topological polar surface area (TPSA) is 15.3 Å². The van der Waals surface area contributed by atoms with Gasteiger partial charge in [0.1, 0.15) is 0 Å². The van der Waals surface area contributed by atoms with Crippen molar-refractivity contribution < 1.29 is 0 Å². The molecule has 3 heteroatoms. The predicted molar refractivity (Wildman–Crippen MR) is 79.8 cm³/mol. The number of hydrazine groups is 1. The average Bonchev–Trinajstić information content (AvgIpc) is 2.69. The van der Waals surface area contributed by atoms with E-state index < -0.39 is 0 Å². The first-order valence-electron chi connectivity index (χ1n) is 6.14. The maximum Gasteiger partial charge on any atom is 0.0722 e. The summed E-state index contributed by atoms with van der Waals surface area (Å²) >= 11 is 5.29. The highest BCUT2D eigenvalue weighted by molar-refractivity contribution is 7.80. The standard InChI is InChI=1S/C15H18N2S/c1-11-10-13(15-8-9-16-17(15)3)6-4-5-7-14(11)12(2)18/h6,8,10,14,16H,4,9H2,1-3H3/b11-10?,13-6+. The Morgan fingerprint density at radius 1 is 1.50 bits per heavy atom. The third-order valence-electron chi connectivity index (χ3n) is 3.20. The highest BCUT2D eigenvalue weighted by Gasteiger charge is 2.16. The molecule has 1 unspecified atom stereocenters. The molecular formula is C15H18N2S. The number of allylic oxidation sites excluding steroid dienone is 3. The molecule has 0 saturated heterocycles. The molecule has 2 rings (SSSR count). The Kier molecular flexibility index (Phi) is 4.00. The van der Waals surface area contributed by atoms with Crippen molar-refractivity contribution in [1.29, 1.82) is 0 Å². The summed E-state index contributed by atoms with van der Waals surface area (Å²) in [4.78, 5) is 0.949. The van der Waals surface area contributed by atoms with E-state index in [1.54, 1.807) is 0 Å². The molecular weight excluding hydrogens is 240 g/mol. The van der Waals surface area contributed by atoms with Crippen molar-refractivity contribution in [3.8, 4) is 11.8 Å². The van der Waals surface area contributed by atoms with Crippen LogP contribution in [0.1, 0.15) is 20.3 Å². The quantitative estimate of drug-likeness (QED) is 0.605. The lowest BCUT2D eigenvalue weighted by atomic mass is 9.93. The third kappa shape index (κ3) is 2.72. The summed E-state index contributed by atoms with van der Waals surface area (Å²) in [5.74, 6) is 6.55. The molecule has 0 aromatic heterocycles. The van der Waals surface area contributed by atoms with Crippen LogP contribution in [-0.2, 0) is 0 Å². The first-order chi connectivity index (χ1) is 8.59. The molecule has 0 aromatic rings. The Balaban J connectivity index is 2.34. The summed E-state index contributed by atoms with van der Waals surface area (Å²) in [6, 6.07) is 0. The molecule has 2 aliphatic rings. The monoisotopic (exact) mass is 258 g/mol. The van der Waals surface area contributed by atoms with Gasteiger partial charge in [-0.3, -0.25) is 0 Å². The number of thiocarbonyl (C=S) groups is 1. The molecule has 2 nitrogen and oxygen atoms in total. The van der Waals surface area contributed by atoms with Crippen molar-refractivity contribution in [1.82, 2.24) is 10.4 Å². The number of likely N-dealkylation sites (N-methyl/N-ethyl adjacent to an activating group) is 1. The molecule has 0 spiro atoms. The fraction of sp³-hybridized carbons (Fsp3) is 0.400. The number of nitrogens with one attached hydrogen (secondary N) is 1. The van der Waals surface area contributed by atoms with Crippen molar-refractivity contribution in [3.63, 3.8) is 0 Å². The summed E-state index contributed by atoms with van der Waals surface area (Å²) in [5, 5.41) is 2.06. The van der Waals surface area contributed by atoms with E-state index in [-0.39, 0.29) is 5.92 Å². The highest BCUT2D eigenvalue weighted by Crippen LogP contribution is 2.23. The van der Waals surface area contributed by atoms with Gasteiger partial charge in [-0.1, -0.05) is 41.8 Å². The average molecular weight is 258 g/mol. The van der Waals surface area contributed by atoms with E-state index in [2.05, 4.69) is 47.4 Å². The molecule has 1 heterocycles. The Morgan fingerprint density at radius 2 is 2.28 bits per heavy atom. The molecule has 0 aromatic carbocycles. The van der Waals surface area contributed by atoms with Gasteiger partial charge in [-0.05, 0) is 25.5 Å². The molecule has 0 radical (unpaired) electrons. The van der Waals surface area contributed by atoms with Crippen LogP contribution in [0.2, 0.25) is 0 Å². The Bertz CT molecular complexity index is 514. The maximum atomic E-state index is 5.29. The molecule has 94 valence electrons. The van der Waals surface area contributed by atoms with Crippen LogP contribution < -0.4 is 5.43 Å². The SMILES string of the molecule is CC(=S)C1C#CC/C=C(/C2=CCNN2C)C=C1C. The van der Waals surface area contributed by atoms with Gasteiger partial charge in [0.25, 0.3) is 0 Å². The summed E-state index contributed by atoms with van der Waals surface area (Å²) in [6.07, 6.45) is 7.37. The van der Waals surface area contributed by atoms with Crippen molar-refractivity contribution in [2.75, 3.05) is 13.6 Å². The van der Waals surface area contributed by atoms with Gasteiger partial charge in [0, 0.05) is 24.9 Å². The van der Waals surface area contributed by atoms with E-state index in [4.69, 9.17) is 12.2 Å². The van der Waals surface area contributed by atoms with Crippen molar-refractivity contribution in [2.24, 2.45) is 5.92 Å². The molecule has 1 aliphatic carbocycles. The fourth-order valence-electron chi connectivity index (χ4n) is 2.24. The molecule has 18 heavy (non-hydrogen) atoms. The van der Waals surface area contributed by atoms with E-state index in [1.165, 1.54) is 16.8 Å². The van der Waals surface area contributed by atoms with Gasteiger partial charge >= 0.3 is 0 Å². The second-order valence-corrected chi connectivity index (χ2v) is 5.27. The predicted octanol–water partition coefficient (Wildman–Crippen LogP) is 2.61. The van der Waals surface area contributed by atoms with Crippen LogP contribution in [0.25, 0.3) is 0 Å². The van der Waals surface area contributed by atoms with Gasteiger partial charge in [0.05, 0.1) is 11.6 Å². The minimum absolute atomic E-state index is 0.115. The van der Waals surface area contributed by atoms with Crippen LogP contribution >= 0.6 is 12.2 Å². The molecule has 1 N–H and O–H groups in total. The van der Waals surface area contributed by atoms with Crippen LogP contribution in [0.3, 0.4) is 0 Å². The first kappa shape index (κ1) is 13.1. The molecule has 0 bridgehead atoms. The van der Waals surface area contributed by atoms with E-state index in [1.807, 2.05) is 14.0 Å². The second-order valence-electron chi connectivity index (χ2n) is 4.63. The minimum Gasteiger partial charge on any atom is -0.311 e. The van der Waals surface area contributed by atoms with Crippen molar-refractivity contribution >= 4 is 17.1 Å². The summed E-state index contributed by atoms with van der Waals surface area (Å²) < 4.78 is 0. The van der Waals surface area contributed by atoms with E-state index in [9.17, 15) is 0 Å². The van der Waals surface area contributed by atoms with Gasteiger partial charge < -0.3 is 5.01 Å². The summed E-state index contributed by atoms with van der Waals surface area (Å²) in [6.45, 7) is 4.97. The molecule has 0 fully saturated rings. The normalized spacial score (nSPS) is 26.1. The van der Waals surface area contributed by atoms with Gasteiger partial charge in [-0.2, -0.15) is 0 Å². The van der Waals surface area contributed by atoms with Crippen LogP contribution in [0, 0.1) is 17.8 Å². The highest BCUT2D eigenvalue weighted by atomic mass is 32.1. The van der Waals surface area contributed by atoms with Gasteiger partial charge in [0.15, 0.2) is 0 Å². The maximum absolute atomic E-state index is 5.29. The largest absolute Gasteiger partial charge is 0.311 e. The van der Waals surface area contributed by atoms with E-state index in [0.717, 1.165) is 17.8 Å². The van der Waals surface area contributed by atoms with Gasteiger partial charge in [-0.25, -0.2) is 5.43 Å². The van der Waals surface area contributed by atoms with Crippen LogP contribution in [0.5, 0.6) is 0 Å². The van der Waals surface area contributed by atoms with Crippen LogP contribution in [0.15, 0.2) is 35.1 Å². The zero-order valence-electron chi connectivity index (χ0n) is 11.1. The lowest BCUT2D eigenvalue weighted by molar-refractivity contribution is 0.352. The van der Waals surface area contributed by atoms with E-state index in [0.29, 0.717) is 0 Å². The molecule has 0 amide bonds. The van der Waals surface area contributed by atoms with Crippen molar-refractivity contribution in [3.05, 3.63) is 35.1 Å². The minimum atomic E-state index is 0.115. The smallest absolute Gasteiger partial charge is 0.0722 e. The third-order valence-corrected chi connectivity index (χ3v) is 3.43. The Hall–Kier alpha value is -1.37. The Morgan fingerprint density at radius 3 is 2.89 bits per heavy atom. The first-order valence-corrected chi connectivity index (χ1v) is 6.55. The summed E-state index contributed by atoms with van der Waals surface area (Å²) in [5.41, 5.74) is 6.94. The number of nitrogens with zero attached hydrogens (tertiary/aromatic N) is 1. The lowest BCUT2D eigenvalue weighted by Gasteiger charge is -2.19. The number of rotatable bonds is 2. The van der Waals surface area contributed by atoms with Gasteiger partial charge in [0.2, 0.25) is 0 Å². The van der Waals surface area contributed by atoms with Crippen LogP contribution in [0.4, 0.5) is 0 Å². The Labute approximate surface area is 114 Å². The lowest BCUT2D eigenvalue weighted by Crippen LogP contribution is -2.27. The van der Waals surface area contributed by atoms with Crippen LogP contribution in [-0.4, -0.2) is 23.5 Å². The zero-order valence-corrected chi connectivity index (χ0v) is 11.9. The number of hydrogen-bond donors (Lipinski definition) is 1. The zero-order chi connectivity index (χ0) is 13.1. The fourth-order valence-corrected chi connectivity index (χ4v) is 2.48. The van der Waals surface area contributed by atoms with Gasteiger partial charge in [-0.15, -0.1) is 0 Å². The second kappa shape index (κ2) is 5.51. The van der Waals surface area contributed by atoms with E-state index >= 15 is 0 Å². The number of hydrogen-bond acceptors (Lipinski definition) is 3. The molecule has 1 aliphatic heterocycles. The molecule has 1 atom stereocenters. The summed E-state index contributed by atoms with van der Waals surface area (Å²) in [7, 11) is 2.04. The van der Waals surface area contributed by atoms with Crippen molar-refractivity contribution in [2.45, 2.75) is 20.3 Å².